The molecule has 0 aliphatic heterocycles. The summed E-state index contributed by atoms with van der Waals surface area (Å²) in [6, 6.07) is 6.10. The van der Waals surface area contributed by atoms with E-state index in [1.165, 1.54) is 34.2 Å². The SMILES string of the molecule is COC[C@@H](C)NC(=O)CSc1nnc(Nc2cccc(C)c2C)s1. The van der Waals surface area contributed by atoms with Crippen LogP contribution in [0.15, 0.2) is 22.5 Å². The zero-order chi connectivity index (χ0) is 17.5. The maximum Gasteiger partial charge on any atom is 0.230 e. The Morgan fingerprint density at radius 1 is 1.38 bits per heavy atom. The Morgan fingerprint density at radius 3 is 2.92 bits per heavy atom. The summed E-state index contributed by atoms with van der Waals surface area (Å²) in [4.78, 5) is 11.8. The highest BCUT2D eigenvalue weighted by Gasteiger charge is 2.11. The molecule has 0 fully saturated rings. The third-order valence-corrected chi connectivity index (χ3v) is 5.38. The first-order valence-corrected chi connectivity index (χ1v) is 9.37. The molecular weight excluding hydrogens is 344 g/mol. The zero-order valence-corrected chi connectivity index (χ0v) is 15.9. The van der Waals surface area contributed by atoms with Gasteiger partial charge in [0.25, 0.3) is 0 Å². The number of aromatic nitrogens is 2. The van der Waals surface area contributed by atoms with Gasteiger partial charge >= 0.3 is 0 Å². The van der Waals surface area contributed by atoms with Crippen molar-refractivity contribution in [1.82, 2.24) is 15.5 Å². The molecular formula is C16H22N4O2S2. The van der Waals surface area contributed by atoms with E-state index in [2.05, 4.69) is 40.7 Å². The van der Waals surface area contributed by atoms with Crippen molar-refractivity contribution in [1.29, 1.82) is 0 Å². The molecule has 2 aromatic rings. The smallest absolute Gasteiger partial charge is 0.230 e. The van der Waals surface area contributed by atoms with Gasteiger partial charge in [-0.3, -0.25) is 4.79 Å². The normalized spacial score (nSPS) is 12.0. The van der Waals surface area contributed by atoms with Gasteiger partial charge in [-0.2, -0.15) is 0 Å². The Kier molecular flexibility index (Phi) is 7.01. The molecule has 2 rings (SSSR count). The van der Waals surface area contributed by atoms with Crippen molar-refractivity contribution in [3.05, 3.63) is 29.3 Å². The molecule has 0 spiro atoms. The quantitative estimate of drug-likeness (QED) is 0.699. The zero-order valence-electron chi connectivity index (χ0n) is 14.3. The third kappa shape index (κ3) is 5.47. The number of aryl methyl sites for hydroxylation is 1. The van der Waals surface area contributed by atoms with Gasteiger partial charge in [-0.15, -0.1) is 10.2 Å². The first kappa shape index (κ1) is 18.7. The number of nitrogens with one attached hydrogen (secondary N) is 2. The molecule has 1 amide bonds. The maximum atomic E-state index is 11.8. The lowest BCUT2D eigenvalue weighted by Gasteiger charge is -2.11. The number of hydrogen-bond acceptors (Lipinski definition) is 7. The number of amides is 1. The highest BCUT2D eigenvalue weighted by Crippen LogP contribution is 2.29. The van der Waals surface area contributed by atoms with Gasteiger partial charge in [-0.05, 0) is 38.0 Å². The lowest BCUT2D eigenvalue weighted by molar-refractivity contribution is -0.119. The van der Waals surface area contributed by atoms with Crippen LogP contribution in [0.25, 0.3) is 0 Å². The summed E-state index contributed by atoms with van der Waals surface area (Å²) in [5.74, 6) is 0.274. The Bertz CT molecular complexity index is 690. The molecule has 0 saturated carbocycles. The highest BCUT2D eigenvalue weighted by molar-refractivity contribution is 8.01. The van der Waals surface area contributed by atoms with Gasteiger partial charge < -0.3 is 15.4 Å². The number of methoxy groups -OCH3 is 1. The van der Waals surface area contributed by atoms with Gasteiger partial charge in [-0.25, -0.2) is 0 Å². The number of nitrogens with zero attached hydrogens (tertiary/aromatic N) is 2. The molecule has 1 aromatic heterocycles. The van der Waals surface area contributed by atoms with Crippen LogP contribution in [-0.2, 0) is 9.53 Å². The lowest BCUT2D eigenvalue weighted by Crippen LogP contribution is -2.36. The summed E-state index contributed by atoms with van der Waals surface area (Å²) in [7, 11) is 1.61. The maximum absolute atomic E-state index is 11.8. The molecule has 1 aromatic carbocycles. The van der Waals surface area contributed by atoms with E-state index < -0.39 is 0 Å². The van der Waals surface area contributed by atoms with Crippen molar-refractivity contribution in [2.45, 2.75) is 31.2 Å². The molecule has 24 heavy (non-hydrogen) atoms. The summed E-state index contributed by atoms with van der Waals surface area (Å²) in [5.41, 5.74) is 3.43. The second kappa shape index (κ2) is 9.00. The van der Waals surface area contributed by atoms with Crippen molar-refractivity contribution < 1.29 is 9.53 Å². The number of rotatable bonds is 8. The lowest BCUT2D eigenvalue weighted by atomic mass is 10.1. The molecule has 2 N–H and O–H groups in total. The van der Waals surface area contributed by atoms with Gasteiger partial charge in [0.2, 0.25) is 11.0 Å². The largest absolute Gasteiger partial charge is 0.383 e. The van der Waals surface area contributed by atoms with Gasteiger partial charge in [0, 0.05) is 18.8 Å². The summed E-state index contributed by atoms with van der Waals surface area (Å²) < 4.78 is 5.76. The molecule has 1 atom stereocenters. The molecule has 0 radical (unpaired) electrons. The van der Waals surface area contributed by atoms with Crippen molar-refractivity contribution >= 4 is 39.8 Å². The fraction of sp³-hybridized carbons (Fsp3) is 0.438. The van der Waals surface area contributed by atoms with Crippen LogP contribution >= 0.6 is 23.1 Å². The standard InChI is InChI=1S/C16H22N4O2S2/c1-10-6-5-7-13(12(10)3)18-15-19-20-16(24-15)23-9-14(21)17-11(2)8-22-4/h5-7,11H,8-9H2,1-4H3,(H,17,21)(H,18,19)/t11-/m1/s1. The number of ether oxygens (including phenoxy) is 1. The Labute approximate surface area is 150 Å². The first-order valence-electron chi connectivity index (χ1n) is 7.57. The number of carbonyl (C=O) groups is 1. The molecule has 0 saturated heterocycles. The van der Waals surface area contributed by atoms with Crippen LogP contribution in [0.3, 0.4) is 0 Å². The van der Waals surface area contributed by atoms with Crippen LogP contribution in [0.4, 0.5) is 10.8 Å². The number of thioether (sulfide) groups is 1. The Hall–Kier alpha value is -1.64. The first-order chi connectivity index (χ1) is 11.5. The van der Waals surface area contributed by atoms with Crippen LogP contribution in [-0.4, -0.2) is 41.6 Å². The predicted octanol–water partition coefficient (Wildman–Crippen LogP) is 3.14. The minimum absolute atomic E-state index is 0.000886. The monoisotopic (exact) mass is 366 g/mol. The second-order valence-corrected chi connectivity index (χ2v) is 7.66. The summed E-state index contributed by atoms with van der Waals surface area (Å²) >= 11 is 2.82. The van der Waals surface area contributed by atoms with Crippen LogP contribution in [0.2, 0.25) is 0 Å². The summed E-state index contributed by atoms with van der Waals surface area (Å²) in [6.45, 7) is 6.55. The van der Waals surface area contributed by atoms with Crippen LogP contribution in [0, 0.1) is 13.8 Å². The average molecular weight is 367 g/mol. The van der Waals surface area contributed by atoms with Crippen LogP contribution in [0.5, 0.6) is 0 Å². The van der Waals surface area contributed by atoms with Gasteiger partial charge in [-0.1, -0.05) is 35.2 Å². The predicted molar refractivity (Wildman–Crippen MR) is 99.3 cm³/mol. The van der Waals surface area contributed by atoms with E-state index in [1.54, 1.807) is 7.11 Å². The highest BCUT2D eigenvalue weighted by atomic mass is 32.2. The van der Waals surface area contributed by atoms with Crippen molar-refractivity contribution in [3.8, 4) is 0 Å². The number of hydrogen-bond donors (Lipinski definition) is 2. The minimum Gasteiger partial charge on any atom is -0.383 e. The van der Waals surface area contributed by atoms with E-state index in [-0.39, 0.29) is 11.9 Å². The molecule has 0 unspecified atom stereocenters. The average Bonchev–Trinajstić information content (AvgIpc) is 2.98. The Morgan fingerprint density at radius 2 is 2.17 bits per heavy atom. The van der Waals surface area contributed by atoms with E-state index in [0.717, 1.165) is 15.2 Å². The van der Waals surface area contributed by atoms with Crippen LogP contribution in [0.1, 0.15) is 18.1 Å². The molecule has 130 valence electrons. The van der Waals surface area contributed by atoms with Crippen LogP contribution < -0.4 is 10.6 Å². The van der Waals surface area contributed by atoms with Gasteiger partial charge in [0.15, 0.2) is 4.34 Å². The Balaban J connectivity index is 1.87. The molecule has 8 heteroatoms. The number of carbonyl (C=O) groups excluding carboxylic acids is 1. The van der Waals surface area contributed by atoms with Crippen molar-refractivity contribution in [2.75, 3.05) is 24.8 Å². The van der Waals surface area contributed by atoms with E-state index in [9.17, 15) is 4.79 Å². The van der Waals surface area contributed by atoms with Crippen molar-refractivity contribution in [2.24, 2.45) is 0 Å². The number of benzene rings is 1. The van der Waals surface area contributed by atoms with E-state index in [4.69, 9.17) is 4.74 Å². The van der Waals surface area contributed by atoms with E-state index >= 15 is 0 Å². The molecule has 6 nitrogen and oxygen atoms in total. The van der Waals surface area contributed by atoms with Crippen molar-refractivity contribution in [3.63, 3.8) is 0 Å². The second-order valence-electron chi connectivity index (χ2n) is 5.46. The number of anilines is 2. The minimum atomic E-state index is -0.0382. The van der Waals surface area contributed by atoms with Gasteiger partial charge in [0.05, 0.1) is 12.4 Å². The fourth-order valence-corrected chi connectivity index (χ4v) is 3.63. The molecule has 0 aliphatic carbocycles. The van der Waals surface area contributed by atoms with E-state index in [1.807, 2.05) is 19.1 Å². The molecule has 0 bridgehead atoms. The fourth-order valence-electron chi connectivity index (χ4n) is 2.06. The van der Waals surface area contributed by atoms with Gasteiger partial charge in [0.1, 0.15) is 0 Å². The topological polar surface area (TPSA) is 76.1 Å². The summed E-state index contributed by atoms with van der Waals surface area (Å²) in [6.07, 6.45) is 0. The molecule has 1 heterocycles. The molecule has 0 aliphatic rings. The third-order valence-electron chi connectivity index (χ3n) is 3.40. The summed E-state index contributed by atoms with van der Waals surface area (Å²) in [5, 5.41) is 15.1. The van der Waals surface area contributed by atoms with E-state index in [0.29, 0.717) is 12.4 Å².